The molecule has 1 saturated carbocycles. The Morgan fingerprint density at radius 2 is 2.12 bits per heavy atom. The molecular formula is C22H27N7O3. The van der Waals surface area contributed by atoms with E-state index in [1.54, 1.807) is 11.6 Å². The number of hydrogen-bond acceptors (Lipinski definition) is 8. The zero-order chi connectivity index (χ0) is 22.1. The SMILES string of the molecule is CNc1cc(Nc2cccc([C@H]3CCCOC3)n2)nc2c(C(=O)N[C@H]3CC[C@@H]3O)cnn12. The molecule has 10 nitrogen and oxygen atoms in total. The molecule has 5 rings (SSSR count). The fraction of sp³-hybridized carbons (Fsp3) is 0.455. The van der Waals surface area contributed by atoms with Gasteiger partial charge < -0.3 is 25.8 Å². The number of amides is 1. The summed E-state index contributed by atoms with van der Waals surface area (Å²) in [6.07, 6.45) is 4.57. The first-order chi connectivity index (χ1) is 15.6. The van der Waals surface area contributed by atoms with Crippen molar-refractivity contribution in [1.82, 2.24) is 24.9 Å². The van der Waals surface area contributed by atoms with Gasteiger partial charge in [0.05, 0.1) is 24.9 Å². The fourth-order valence-electron chi connectivity index (χ4n) is 4.12. The van der Waals surface area contributed by atoms with Gasteiger partial charge in [-0.3, -0.25) is 4.79 Å². The van der Waals surface area contributed by atoms with Crippen LogP contribution in [0, 0.1) is 0 Å². The van der Waals surface area contributed by atoms with E-state index in [-0.39, 0.29) is 11.9 Å². The molecule has 1 aliphatic carbocycles. The van der Waals surface area contributed by atoms with E-state index in [0.717, 1.165) is 31.6 Å². The van der Waals surface area contributed by atoms with Gasteiger partial charge >= 0.3 is 0 Å². The molecule has 10 heteroatoms. The summed E-state index contributed by atoms with van der Waals surface area (Å²) >= 11 is 0. The lowest BCUT2D eigenvalue weighted by molar-refractivity contribution is 0.0448. The number of carbonyl (C=O) groups is 1. The maximum Gasteiger partial charge on any atom is 0.257 e. The van der Waals surface area contributed by atoms with Crippen molar-refractivity contribution in [3.05, 3.63) is 41.7 Å². The Hall–Kier alpha value is -3.24. The molecule has 3 atom stereocenters. The van der Waals surface area contributed by atoms with E-state index in [9.17, 15) is 9.90 Å². The summed E-state index contributed by atoms with van der Waals surface area (Å²) in [6.45, 7) is 1.50. The third kappa shape index (κ3) is 3.98. The molecule has 0 bridgehead atoms. The number of pyridine rings is 1. The van der Waals surface area contributed by atoms with Crippen molar-refractivity contribution in [2.75, 3.05) is 30.9 Å². The van der Waals surface area contributed by atoms with Gasteiger partial charge in [0.15, 0.2) is 5.65 Å². The van der Waals surface area contributed by atoms with E-state index < -0.39 is 6.10 Å². The van der Waals surface area contributed by atoms with Crippen molar-refractivity contribution in [3.8, 4) is 0 Å². The molecule has 1 saturated heterocycles. The average molecular weight is 438 g/mol. The minimum atomic E-state index is -0.494. The molecule has 3 aromatic heterocycles. The van der Waals surface area contributed by atoms with Crippen molar-refractivity contribution in [2.24, 2.45) is 0 Å². The summed E-state index contributed by atoms with van der Waals surface area (Å²) in [5.41, 5.74) is 1.76. The molecule has 1 aliphatic heterocycles. The van der Waals surface area contributed by atoms with E-state index in [0.29, 0.717) is 47.6 Å². The zero-order valence-electron chi connectivity index (χ0n) is 17.9. The third-order valence-corrected chi connectivity index (χ3v) is 6.13. The Bertz CT molecular complexity index is 1130. The van der Waals surface area contributed by atoms with Crippen LogP contribution >= 0.6 is 0 Å². The van der Waals surface area contributed by atoms with Gasteiger partial charge in [-0.1, -0.05) is 6.07 Å². The van der Waals surface area contributed by atoms with Gasteiger partial charge in [0.25, 0.3) is 5.91 Å². The number of anilines is 3. The summed E-state index contributed by atoms with van der Waals surface area (Å²) in [4.78, 5) is 22.2. The van der Waals surface area contributed by atoms with Gasteiger partial charge in [-0.2, -0.15) is 9.61 Å². The van der Waals surface area contributed by atoms with E-state index in [1.807, 2.05) is 24.3 Å². The van der Waals surface area contributed by atoms with Crippen LogP contribution in [0.5, 0.6) is 0 Å². The maximum absolute atomic E-state index is 12.8. The molecule has 0 spiro atoms. The molecule has 0 aromatic carbocycles. The standard InChI is InChI=1S/C22H27N7O3/c1-23-20-10-19(27-18-6-2-5-15(25-18)13-4-3-9-32-12-13)28-21-14(11-24-29(20)21)22(31)26-16-7-8-17(16)30/h2,5-6,10-11,13,16-17,23,30H,3-4,7-9,12H2,1H3,(H,26,31)(H,25,27,28)/t13-,16-,17-/m0/s1. The number of aromatic nitrogens is 4. The number of carbonyl (C=O) groups excluding carboxylic acids is 1. The highest BCUT2D eigenvalue weighted by molar-refractivity contribution is 6.00. The van der Waals surface area contributed by atoms with Crippen LogP contribution in [0.1, 0.15) is 47.7 Å². The second-order valence-electron chi connectivity index (χ2n) is 8.28. The van der Waals surface area contributed by atoms with Crippen LogP contribution in [0.4, 0.5) is 17.5 Å². The fourth-order valence-corrected chi connectivity index (χ4v) is 4.12. The number of ether oxygens (including phenoxy) is 1. The predicted octanol–water partition coefficient (Wildman–Crippen LogP) is 2.06. The smallest absolute Gasteiger partial charge is 0.257 e. The van der Waals surface area contributed by atoms with Crippen LogP contribution in [0.2, 0.25) is 0 Å². The van der Waals surface area contributed by atoms with Gasteiger partial charge in [-0.25, -0.2) is 9.97 Å². The Balaban J connectivity index is 1.42. The van der Waals surface area contributed by atoms with Crippen LogP contribution in [0.25, 0.3) is 5.65 Å². The van der Waals surface area contributed by atoms with Crippen LogP contribution in [-0.4, -0.2) is 63.0 Å². The van der Waals surface area contributed by atoms with Crippen molar-refractivity contribution >= 4 is 29.0 Å². The molecule has 32 heavy (non-hydrogen) atoms. The molecule has 2 aliphatic rings. The molecule has 4 N–H and O–H groups in total. The van der Waals surface area contributed by atoms with Gasteiger partial charge in [-0.15, -0.1) is 0 Å². The Labute approximate surface area is 185 Å². The molecule has 4 heterocycles. The van der Waals surface area contributed by atoms with Gasteiger partial charge in [0.2, 0.25) is 0 Å². The van der Waals surface area contributed by atoms with E-state index in [4.69, 9.17) is 9.72 Å². The number of nitrogens with one attached hydrogen (secondary N) is 3. The van der Waals surface area contributed by atoms with Crippen molar-refractivity contribution in [1.29, 1.82) is 0 Å². The molecule has 0 unspecified atom stereocenters. The van der Waals surface area contributed by atoms with E-state index >= 15 is 0 Å². The first-order valence-corrected chi connectivity index (χ1v) is 11.0. The van der Waals surface area contributed by atoms with Gasteiger partial charge in [-0.05, 0) is 37.8 Å². The van der Waals surface area contributed by atoms with E-state index in [2.05, 4.69) is 26.0 Å². The average Bonchev–Trinajstić information content (AvgIpc) is 3.26. The Morgan fingerprint density at radius 3 is 2.84 bits per heavy atom. The topological polar surface area (TPSA) is 126 Å². The number of aliphatic hydroxyl groups is 1. The minimum Gasteiger partial charge on any atom is -0.391 e. The summed E-state index contributed by atoms with van der Waals surface area (Å²) in [6, 6.07) is 7.47. The summed E-state index contributed by atoms with van der Waals surface area (Å²) < 4.78 is 7.19. The highest BCUT2D eigenvalue weighted by atomic mass is 16.5. The third-order valence-electron chi connectivity index (χ3n) is 6.13. The van der Waals surface area contributed by atoms with Crippen LogP contribution in [0.3, 0.4) is 0 Å². The number of nitrogens with zero attached hydrogens (tertiary/aromatic N) is 4. The van der Waals surface area contributed by atoms with Crippen LogP contribution in [-0.2, 0) is 4.74 Å². The monoisotopic (exact) mass is 437 g/mol. The predicted molar refractivity (Wildman–Crippen MR) is 119 cm³/mol. The highest BCUT2D eigenvalue weighted by Crippen LogP contribution is 2.27. The van der Waals surface area contributed by atoms with Crippen molar-refractivity contribution in [3.63, 3.8) is 0 Å². The molecule has 0 radical (unpaired) electrons. The highest BCUT2D eigenvalue weighted by Gasteiger charge is 2.31. The number of fused-ring (bicyclic) bond motifs is 1. The lowest BCUT2D eigenvalue weighted by Crippen LogP contribution is -2.50. The zero-order valence-corrected chi connectivity index (χ0v) is 17.9. The van der Waals surface area contributed by atoms with Crippen LogP contribution < -0.4 is 16.0 Å². The van der Waals surface area contributed by atoms with Gasteiger partial charge in [0.1, 0.15) is 23.0 Å². The molecular weight excluding hydrogens is 410 g/mol. The van der Waals surface area contributed by atoms with E-state index in [1.165, 1.54) is 6.20 Å². The quantitative estimate of drug-likeness (QED) is 0.462. The van der Waals surface area contributed by atoms with Crippen molar-refractivity contribution in [2.45, 2.75) is 43.7 Å². The molecule has 168 valence electrons. The first-order valence-electron chi connectivity index (χ1n) is 11.0. The number of rotatable bonds is 6. The molecule has 3 aromatic rings. The normalized spacial score (nSPS) is 22.9. The minimum absolute atomic E-state index is 0.224. The van der Waals surface area contributed by atoms with Crippen molar-refractivity contribution < 1.29 is 14.6 Å². The molecule has 1 amide bonds. The lowest BCUT2D eigenvalue weighted by Gasteiger charge is -2.32. The first kappa shape index (κ1) is 20.7. The molecule has 2 fully saturated rings. The van der Waals surface area contributed by atoms with Crippen LogP contribution in [0.15, 0.2) is 30.5 Å². The largest absolute Gasteiger partial charge is 0.391 e. The summed E-state index contributed by atoms with van der Waals surface area (Å²) in [7, 11) is 1.78. The Morgan fingerprint density at radius 1 is 1.22 bits per heavy atom. The Kier molecular flexibility index (Phi) is 5.62. The second-order valence-corrected chi connectivity index (χ2v) is 8.28. The number of hydrogen-bond donors (Lipinski definition) is 4. The van der Waals surface area contributed by atoms with Gasteiger partial charge in [0, 0.05) is 31.3 Å². The number of aliphatic hydroxyl groups excluding tert-OH is 1. The summed E-state index contributed by atoms with van der Waals surface area (Å²) in [5.74, 6) is 1.89. The second kappa shape index (κ2) is 8.71. The maximum atomic E-state index is 12.8. The summed E-state index contributed by atoms with van der Waals surface area (Å²) in [5, 5.41) is 23.3. The lowest BCUT2D eigenvalue weighted by atomic mass is 9.89.